The molecule has 0 radical (unpaired) electrons. The van der Waals surface area contributed by atoms with Gasteiger partial charge >= 0.3 is 7.12 Å². The third kappa shape index (κ3) is 2.40. The van der Waals surface area contributed by atoms with Crippen molar-refractivity contribution in [1.82, 2.24) is 9.88 Å². The fraction of sp³-hybridized carbons (Fsp3) is 0.100. The summed E-state index contributed by atoms with van der Waals surface area (Å²) in [4.78, 5) is 27.4. The Morgan fingerprint density at radius 3 is 2.47 bits per heavy atom. The van der Waals surface area contributed by atoms with E-state index in [9.17, 15) is 9.59 Å². The lowest BCUT2D eigenvalue weighted by Gasteiger charge is -2.13. The van der Waals surface area contributed by atoms with Crippen molar-refractivity contribution in [3.63, 3.8) is 0 Å². The third-order valence-corrected chi connectivity index (χ3v) is 2.35. The highest BCUT2D eigenvalue weighted by Gasteiger charge is 2.23. The van der Waals surface area contributed by atoms with Crippen LogP contribution in [0.1, 0.15) is 5.56 Å². The van der Waals surface area contributed by atoms with Gasteiger partial charge in [-0.05, 0) is 17.7 Å². The highest BCUT2D eigenvalue weighted by atomic mass is 16.4. The molecular weight excluding hydrogens is 223 g/mol. The summed E-state index contributed by atoms with van der Waals surface area (Å²) in [5, 5.41) is 17.9. The third-order valence-electron chi connectivity index (χ3n) is 2.35. The molecule has 1 aliphatic heterocycles. The maximum atomic E-state index is 11.3. The van der Waals surface area contributed by atoms with E-state index in [1.807, 2.05) is 0 Å². The minimum atomic E-state index is -1.67. The highest BCUT2D eigenvalue weighted by Crippen LogP contribution is 2.09. The molecular formula is C10H9BN2O4. The molecule has 2 N–H and O–H groups in total. The largest absolute Gasteiger partial charge is 0.508 e. The molecule has 2 amide bonds. The van der Waals surface area contributed by atoms with Gasteiger partial charge in [0.15, 0.2) is 0 Å². The van der Waals surface area contributed by atoms with E-state index in [0.717, 1.165) is 4.90 Å². The van der Waals surface area contributed by atoms with E-state index in [2.05, 4.69) is 4.98 Å². The Hall–Kier alpha value is -1.99. The van der Waals surface area contributed by atoms with E-state index >= 15 is 0 Å². The molecule has 2 rings (SSSR count). The number of aromatic nitrogens is 1. The van der Waals surface area contributed by atoms with Crippen LogP contribution in [0.2, 0.25) is 0 Å². The predicted molar refractivity (Wildman–Crippen MR) is 58.8 cm³/mol. The second kappa shape index (κ2) is 4.48. The van der Waals surface area contributed by atoms with Crippen LogP contribution in [0.5, 0.6) is 0 Å². The number of carbonyl (C=O) groups excluding carboxylic acids is 2. The van der Waals surface area contributed by atoms with Gasteiger partial charge in [0.1, 0.15) is 0 Å². The van der Waals surface area contributed by atoms with Crippen LogP contribution in [0, 0.1) is 0 Å². The molecule has 1 aromatic heterocycles. The van der Waals surface area contributed by atoms with Crippen LogP contribution in [0.15, 0.2) is 30.5 Å². The van der Waals surface area contributed by atoms with E-state index < -0.39 is 7.12 Å². The van der Waals surface area contributed by atoms with E-state index in [1.165, 1.54) is 24.4 Å². The highest BCUT2D eigenvalue weighted by molar-refractivity contribution is 6.57. The van der Waals surface area contributed by atoms with Crippen LogP contribution in [-0.4, -0.2) is 38.9 Å². The van der Waals surface area contributed by atoms with Gasteiger partial charge in [-0.25, -0.2) is 0 Å². The van der Waals surface area contributed by atoms with Gasteiger partial charge in [-0.2, -0.15) is 0 Å². The van der Waals surface area contributed by atoms with Crippen LogP contribution < -0.4 is 5.59 Å². The lowest BCUT2D eigenvalue weighted by Crippen LogP contribution is -2.34. The summed E-state index contributed by atoms with van der Waals surface area (Å²) in [6.45, 7) is 0.0902. The first-order valence-electron chi connectivity index (χ1n) is 4.92. The summed E-state index contributed by atoms with van der Waals surface area (Å²) in [6.07, 6.45) is 3.79. The molecule has 0 bridgehead atoms. The van der Waals surface area contributed by atoms with Crippen molar-refractivity contribution in [2.24, 2.45) is 0 Å². The average Bonchev–Trinajstić information content (AvgIpc) is 2.61. The Bertz CT molecular complexity index is 483. The minimum Gasteiger partial charge on any atom is -0.422 e. The van der Waals surface area contributed by atoms with Crippen LogP contribution in [0.25, 0.3) is 0 Å². The molecule has 1 aliphatic rings. The van der Waals surface area contributed by atoms with E-state index in [-0.39, 0.29) is 24.0 Å². The molecule has 6 nitrogen and oxygen atoms in total. The zero-order valence-electron chi connectivity index (χ0n) is 8.78. The first-order valence-corrected chi connectivity index (χ1v) is 4.92. The van der Waals surface area contributed by atoms with Gasteiger partial charge in [0, 0.05) is 18.3 Å². The van der Waals surface area contributed by atoms with Crippen molar-refractivity contribution in [2.75, 3.05) is 0 Å². The summed E-state index contributed by atoms with van der Waals surface area (Å²) in [7, 11) is -1.67. The summed E-state index contributed by atoms with van der Waals surface area (Å²) >= 11 is 0. The molecule has 0 fully saturated rings. The molecule has 0 aromatic carbocycles. The van der Waals surface area contributed by atoms with Gasteiger partial charge < -0.3 is 10.0 Å². The van der Waals surface area contributed by atoms with Gasteiger partial charge in [-0.1, -0.05) is 0 Å². The molecule has 1 aromatic rings. The number of pyridine rings is 1. The lowest BCUT2D eigenvalue weighted by atomic mass is 9.85. The summed E-state index contributed by atoms with van der Waals surface area (Å²) in [6, 6.07) is 3.04. The van der Waals surface area contributed by atoms with Gasteiger partial charge in [0.2, 0.25) is 0 Å². The average molecular weight is 232 g/mol. The molecule has 2 heterocycles. The Morgan fingerprint density at radius 1 is 1.24 bits per heavy atom. The van der Waals surface area contributed by atoms with Crippen molar-refractivity contribution in [2.45, 2.75) is 6.54 Å². The SMILES string of the molecule is O=C1C=CC(=O)N1Cc1ccnc(B(O)O)c1. The molecule has 0 unspecified atom stereocenters. The first-order chi connectivity index (χ1) is 8.08. The Morgan fingerprint density at radius 2 is 1.88 bits per heavy atom. The van der Waals surface area contributed by atoms with Gasteiger partial charge in [0.25, 0.3) is 11.8 Å². The monoisotopic (exact) mass is 232 g/mol. The van der Waals surface area contributed by atoms with Crippen LogP contribution in [-0.2, 0) is 16.1 Å². The summed E-state index contributed by atoms with van der Waals surface area (Å²) in [5.41, 5.74) is 0.683. The molecule has 7 heteroatoms. The van der Waals surface area contributed by atoms with Gasteiger partial charge in [-0.3, -0.25) is 19.5 Å². The van der Waals surface area contributed by atoms with E-state index in [4.69, 9.17) is 10.0 Å². The summed E-state index contributed by atoms with van der Waals surface area (Å²) in [5.74, 6) is -0.754. The predicted octanol–water partition coefficient (Wildman–Crippen LogP) is -1.81. The first kappa shape index (κ1) is 11.5. The fourth-order valence-electron chi connectivity index (χ4n) is 1.50. The second-order valence-corrected chi connectivity index (χ2v) is 3.56. The molecule has 0 atom stereocenters. The van der Waals surface area contributed by atoms with Gasteiger partial charge in [0.05, 0.1) is 12.1 Å². The van der Waals surface area contributed by atoms with Crippen LogP contribution in [0.3, 0.4) is 0 Å². The standard InChI is InChI=1S/C10H9BN2O4/c14-9-1-2-10(15)13(9)6-7-3-4-12-8(5-7)11(16)17/h1-5,16-17H,6H2. The smallest absolute Gasteiger partial charge is 0.422 e. The number of imide groups is 1. The lowest BCUT2D eigenvalue weighted by molar-refractivity contribution is -0.137. The van der Waals surface area contributed by atoms with Crippen molar-refractivity contribution in [3.8, 4) is 0 Å². The Labute approximate surface area is 97.3 Å². The Balaban J connectivity index is 2.16. The van der Waals surface area contributed by atoms with Crippen LogP contribution >= 0.6 is 0 Å². The molecule has 0 saturated heterocycles. The molecule has 0 spiro atoms. The zero-order valence-corrected chi connectivity index (χ0v) is 8.78. The van der Waals surface area contributed by atoms with E-state index in [1.54, 1.807) is 6.07 Å². The molecule has 17 heavy (non-hydrogen) atoms. The van der Waals surface area contributed by atoms with E-state index in [0.29, 0.717) is 5.56 Å². The fourth-order valence-corrected chi connectivity index (χ4v) is 1.50. The number of amides is 2. The maximum Gasteiger partial charge on any atom is 0.508 e. The van der Waals surface area contributed by atoms with Crippen molar-refractivity contribution >= 4 is 24.5 Å². The topological polar surface area (TPSA) is 90.7 Å². The normalized spacial score (nSPS) is 14.6. The van der Waals surface area contributed by atoms with Crippen molar-refractivity contribution in [3.05, 3.63) is 36.0 Å². The molecule has 0 saturated carbocycles. The maximum absolute atomic E-state index is 11.3. The number of hydrogen-bond donors (Lipinski definition) is 2. The van der Waals surface area contributed by atoms with Gasteiger partial charge in [-0.15, -0.1) is 0 Å². The van der Waals surface area contributed by atoms with Crippen molar-refractivity contribution in [1.29, 1.82) is 0 Å². The van der Waals surface area contributed by atoms with Crippen LogP contribution in [0.4, 0.5) is 0 Å². The number of hydrogen-bond acceptors (Lipinski definition) is 5. The number of rotatable bonds is 3. The Kier molecular flexibility index (Phi) is 3.03. The quantitative estimate of drug-likeness (QED) is 0.473. The molecule has 0 aliphatic carbocycles. The minimum absolute atomic E-state index is 0.0783. The zero-order chi connectivity index (χ0) is 12.4. The number of carbonyl (C=O) groups is 2. The second-order valence-electron chi connectivity index (χ2n) is 3.56. The molecule has 86 valence electrons. The number of nitrogens with zero attached hydrogens (tertiary/aromatic N) is 2. The van der Waals surface area contributed by atoms with Crippen molar-refractivity contribution < 1.29 is 19.6 Å². The summed E-state index contributed by atoms with van der Waals surface area (Å²) < 4.78 is 0.